The standard InChI is InChI=1S/C12H9BrFNO2S/c1-6-15-10(12(16)17-2)11(18-6)8-5-7(14)3-4-9(8)13/h3-5H,1-2H3. The maximum atomic E-state index is 13.3. The lowest BCUT2D eigenvalue weighted by atomic mass is 10.1. The van der Waals surface area contributed by atoms with Crippen molar-refractivity contribution >= 4 is 33.2 Å². The van der Waals surface area contributed by atoms with Gasteiger partial charge in [-0.25, -0.2) is 14.2 Å². The molecule has 0 spiro atoms. The highest BCUT2D eigenvalue weighted by Crippen LogP contribution is 2.35. The lowest BCUT2D eigenvalue weighted by molar-refractivity contribution is 0.0595. The van der Waals surface area contributed by atoms with Crippen LogP contribution in [0, 0.1) is 12.7 Å². The fourth-order valence-corrected chi connectivity index (χ4v) is 3.03. The van der Waals surface area contributed by atoms with Crippen molar-refractivity contribution in [2.75, 3.05) is 7.11 Å². The molecule has 18 heavy (non-hydrogen) atoms. The van der Waals surface area contributed by atoms with Gasteiger partial charge in [-0.15, -0.1) is 11.3 Å². The normalized spacial score (nSPS) is 10.4. The molecule has 0 radical (unpaired) electrons. The van der Waals surface area contributed by atoms with E-state index in [1.807, 2.05) is 0 Å². The predicted molar refractivity (Wildman–Crippen MR) is 71.3 cm³/mol. The number of methoxy groups -OCH3 is 1. The van der Waals surface area contributed by atoms with Crippen LogP contribution in [0.3, 0.4) is 0 Å². The average molecular weight is 330 g/mol. The molecule has 0 aliphatic rings. The Kier molecular flexibility index (Phi) is 3.77. The number of esters is 1. The molecule has 94 valence electrons. The molecule has 0 atom stereocenters. The van der Waals surface area contributed by atoms with Gasteiger partial charge in [-0.2, -0.15) is 0 Å². The molecule has 0 N–H and O–H groups in total. The van der Waals surface area contributed by atoms with Gasteiger partial charge in [0.15, 0.2) is 5.69 Å². The van der Waals surface area contributed by atoms with Crippen molar-refractivity contribution in [3.8, 4) is 10.4 Å². The van der Waals surface area contributed by atoms with Crippen molar-refractivity contribution in [3.05, 3.63) is 39.2 Å². The number of rotatable bonds is 2. The number of hydrogen-bond donors (Lipinski definition) is 0. The summed E-state index contributed by atoms with van der Waals surface area (Å²) in [6, 6.07) is 4.31. The van der Waals surface area contributed by atoms with E-state index in [2.05, 4.69) is 25.7 Å². The van der Waals surface area contributed by atoms with Crippen LogP contribution in [0.15, 0.2) is 22.7 Å². The zero-order chi connectivity index (χ0) is 13.3. The quantitative estimate of drug-likeness (QED) is 0.786. The molecule has 6 heteroatoms. The van der Waals surface area contributed by atoms with Crippen molar-refractivity contribution < 1.29 is 13.9 Å². The number of benzene rings is 1. The molecule has 3 nitrogen and oxygen atoms in total. The summed E-state index contributed by atoms with van der Waals surface area (Å²) in [4.78, 5) is 16.4. The summed E-state index contributed by atoms with van der Waals surface area (Å²) in [5.41, 5.74) is 0.812. The van der Waals surface area contributed by atoms with Crippen molar-refractivity contribution in [2.24, 2.45) is 0 Å². The van der Waals surface area contributed by atoms with E-state index in [1.165, 1.54) is 30.6 Å². The third-order valence-electron chi connectivity index (χ3n) is 2.29. The van der Waals surface area contributed by atoms with Crippen LogP contribution in [-0.4, -0.2) is 18.1 Å². The van der Waals surface area contributed by atoms with Crippen molar-refractivity contribution in [1.82, 2.24) is 4.98 Å². The van der Waals surface area contributed by atoms with Crippen LogP contribution < -0.4 is 0 Å². The van der Waals surface area contributed by atoms with Crippen LogP contribution in [0.5, 0.6) is 0 Å². The fourth-order valence-electron chi connectivity index (χ4n) is 1.52. The number of carbonyl (C=O) groups is 1. The molecule has 0 unspecified atom stereocenters. The van der Waals surface area contributed by atoms with Crippen LogP contribution in [0.1, 0.15) is 15.5 Å². The Balaban J connectivity index is 2.63. The van der Waals surface area contributed by atoms with Gasteiger partial charge >= 0.3 is 5.97 Å². The molecule has 0 aliphatic carbocycles. The summed E-state index contributed by atoms with van der Waals surface area (Å²) in [6.45, 7) is 1.79. The molecule has 0 aliphatic heterocycles. The van der Waals surface area contributed by atoms with E-state index in [9.17, 15) is 9.18 Å². The predicted octanol–water partition coefficient (Wildman–Crippen LogP) is 3.81. The van der Waals surface area contributed by atoms with E-state index in [1.54, 1.807) is 13.0 Å². The smallest absolute Gasteiger partial charge is 0.358 e. The maximum Gasteiger partial charge on any atom is 0.358 e. The third-order valence-corrected chi connectivity index (χ3v) is 3.98. The molecular weight excluding hydrogens is 321 g/mol. The van der Waals surface area contributed by atoms with Crippen molar-refractivity contribution in [1.29, 1.82) is 0 Å². The summed E-state index contributed by atoms with van der Waals surface area (Å²) in [5.74, 6) is -0.888. The number of thiazole rings is 1. The Morgan fingerprint density at radius 3 is 2.89 bits per heavy atom. The third kappa shape index (κ3) is 2.44. The summed E-state index contributed by atoms with van der Waals surface area (Å²) in [5, 5.41) is 0.724. The first-order valence-corrected chi connectivity index (χ1v) is 6.65. The lowest BCUT2D eigenvalue weighted by Crippen LogP contribution is -2.03. The average Bonchev–Trinajstić information content (AvgIpc) is 2.73. The highest BCUT2D eigenvalue weighted by Gasteiger charge is 2.20. The number of halogens is 2. The maximum absolute atomic E-state index is 13.3. The zero-order valence-corrected chi connectivity index (χ0v) is 12.1. The summed E-state index contributed by atoms with van der Waals surface area (Å²) in [6.07, 6.45) is 0. The lowest BCUT2D eigenvalue weighted by Gasteiger charge is -2.04. The molecule has 2 aromatic rings. The number of hydrogen-bond acceptors (Lipinski definition) is 4. The Hall–Kier alpha value is -1.27. The van der Waals surface area contributed by atoms with Gasteiger partial charge in [-0.05, 0) is 25.1 Å². The van der Waals surface area contributed by atoms with Gasteiger partial charge in [0.05, 0.1) is 17.0 Å². The molecule has 1 aromatic heterocycles. The van der Waals surface area contributed by atoms with E-state index in [0.29, 0.717) is 14.9 Å². The monoisotopic (exact) mass is 329 g/mol. The molecule has 0 bridgehead atoms. The second-order valence-corrected chi connectivity index (χ2v) is 5.58. The Bertz CT molecular complexity index is 612. The minimum atomic E-state index is -0.523. The largest absolute Gasteiger partial charge is 0.464 e. The van der Waals surface area contributed by atoms with E-state index in [4.69, 9.17) is 0 Å². The van der Waals surface area contributed by atoms with Crippen LogP contribution in [0.2, 0.25) is 0 Å². The molecule has 2 rings (SSSR count). The van der Waals surface area contributed by atoms with E-state index >= 15 is 0 Å². The van der Waals surface area contributed by atoms with Gasteiger partial charge in [0.25, 0.3) is 0 Å². The summed E-state index contributed by atoms with van der Waals surface area (Å²) < 4.78 is 18.7. The molecule has 0 amide bonds. The Morgan fingerprint density at radius 1 is 1.50 bits per heavy atom. The van der Waals surface area contributed by atoms with Crippen LogP contribution in [0.25, 0.3) is 10.4 Å². The van der Waals surface area contributed by atoms with Crippen LogP contribution in [-0.2, 0) is 4.74 Å². The Morgan fingerprint density at radius 2 is 2.22 bits per heavy atom. The first-order chi connectivity index (χ1) is 8.52. The molecule has 0 fully saturated rings. The highest BCUT2D eigenvalue weighted by atomic mass is 79.9. The summed E-state index contributed by atoms with van der Waals surface area (Å²) >= 11 is 4.67. The van der Waals surface area contributed by atoms with Gasteiger partial charge < -0.3 is 4.74 Å². The van der Waals surface area contributed by atoms with Crippen molar-refractivity contribution in [3.63, 3.8) is 0 Å². The summed E-state index contributed by atoms with van der Waals surface area (Å²) in [7, 11) is 1.29. The highest BCUT2D eigenvalue weighted by molar-refractivity contribution is 9.10. The fraction of sp³-hybridized carbons (Fsp3) is 0.167. The minimum absolute atomic E-state index is 0.214. The number of nitrogens with zero attached hydrogens (tertiary/aromatic N) is 1. The van der Waals surface area contributed by atoms with E-state index in [0.717, 1.165) is 5.01 Å². The number of ether oxygens (including phenoxy) is 1. The zero-order valence-electron chi connectivity index (χ0n) is 9.66. The van der Waals surface area contributed by atoms with Crippen LogP contribution in [0.4, 0.5) is 4.39 Å². The van der Waals surface area contributed by atoms with E-state index in [-0.39, 0.29) is 11.5 Å². The SMILES string of the molecule is COC(=O)c1nc(C)sc1-c1cc(F)ccc1Br. The van der Waals surface area contributed by atoms with Crippen LogP contribution >= 0.6 is 27.3 Å². The number of carbonyl (C=O) groups excluding carboxylic acids is 1. The molecule has 1 heterocycles. The molecule has 0 saturated carbocycles. The minimum Gasteiger partial charge on any atom is -0.464 e. The molecule has 1 aromatic carbocycles. The first kappa shape index (κ1) is 13.2. The van der Waals surface area contributed by atoms with Gasteiger partial charge in [-0.3, -0.25) is 0 Å². The molecular formula is C12H9BrFNO2S. The molecule has 0 saturated heterocycles. The van der Waals surface area contributed by atoms with Gasteiger partial charge in [0, 0.05) is 10.0 Å². The van der Waals surface area contributed by atoms with Crippen molar-refractivity contribution in [2.45, 2.75) is 6.92 Å². The first-order valence-electron chi connectivity index (χ1n) is 5.04. The Labute approximate surface area is 116 Å². The van der Waals surface area contributed by atoms with Gasteiger partial charge in [-0.1, -0.05) is 15.9 Å². The number of aryl methyl sites for hydroxylation is 1. The second-order valence-electron chi connectivity index (χ2n) is 3.53. The van der Waals surface area contributed by atoms with Gasteiger partial charge in [0.1, 0.15) is 5.82 Å². The topological polar surface area (TPSA) is 39.2 Å². The van der Waals surface area contributed by atoms with E-state index < -0.39 is 5.97 Å². The second kappa shape index (κ2) is 5.16. The van der Waals surface area contributed by atoms with Gasteiger partial charge in [0.2, 0.25) is 0 Å². The number of aromatic nitrogens is 1.